The number of thioether (sulfide) groups is 1. The van der Waals surface area contributed by atoms with Gasteiger partial charge in [-0.3, -0.25) is 14.2 Å². The Morgan fingerprint density at radius 2 is 2.00 bits per heavy atom. The monoisotopic (exact) mass is 488 g/mol. The van der Waals surface area contributed by atoms with E-state index >= 15 is 0 Å². The number of hydrogen-bond donors (Lipinski definition) is 0. The molecule has 0 aliphatic heterocycles. The molecule has 0 amide bonds. The zero-order valence-corrected chi connectivity index (χ0v) is 20.9. The highest BCUT2D eigenvalue weighted by atomic mass is 32.2. The summed E-state index contributed by atoms with van der Waals surface area (Å²) in [6, 6.07) is 5.75. The minimum Gasteiger partial charge on any atom is -0.493 e. The molecule has 2 heterocycles. The third kappa shape index (κ3) is 5.04. The molecule has 2 aromatic heterocycles. The van der Waals surface area contributed by atoms with Crippen molar-refractivity contribution in [3.8, 4) is 11.5 Å². The second-order valence-electron chi connectivity index (χ2n) is 8.16. The van der Waals surface area contributed by atoms with Crippen molar-refractivity contribution in [1.82, 2.24) is 9.55 Å². The van der Waals surface area contributed by atoms with Gasteiger partial charge in [0.1, 0.15) is 4.83 Å². The maximum Gasteiger partial charge on any atom is 0.316 e. The molecule has 176 valence electrons. The minimum absolute atomic E-state index is 0.0281. The molecule has 0 atom stereocenters. The molecule has 0 saturated heterocycles. The van der Waals surface area contributed by atoms with Crippen molar-refractivity contribution in [1.29, 1.82) is 0 Å². The molecule has 0 unspecified atom stereocenters. The topological polar surface area (TPSA) is 79.7 Å². The molecule has 1 aliphatic carbocycles. The number of nitrogens with zero attached hydrogens (tertiary/aromatic N) is 2. The molecule has 9 heteroatoms. The van der Waals surface area contributed by atoms with E-state index < -0.39 is 0 Å². The van der Waals surface area contributed by atoms with E-state index in [0.29, 0.717) is 29.6 Å². The van der Waals surface area contributed by atoms with Crippen LogP contribution in [0.3, 0.4) is 0 Å². The van der Waals surface area contributed by atoms with Crippen molar-refractivity contribution in [2.24, 2.45) is 0 Å². The standard InChI is InChI=1S/C24H28N2O5S2/c1-14(2)31-20(27)13-32-24-25-22-21(16-6-5-7-19(16)33-22)23(28)26(24)11-10-15-8-9-17(29-3)18(12-15)30-4/h8-9,12,14H,5-7,10-11,13H2,1-4H3. The van der Waals surface area contributed by atoms with Gasteiger partial charge in [-0.05, 0) is 62.8 Å². The van der Waals surface area contributed by atoms with Gasteiger partial charge in [0.15, 0.2) is 16.7 Å². The summed E-state index contributed by atoms with van der Waals surface area (Å²) in [7, 11) is 3.21. The van der Waals surface area contributed by atoms with Crippen LogP contribution < -0.4 is 15.0 Å². The van der Waals surface area contributed by atoms with Crippen molar-refractivity contribution >= 4 is 39.3 Å². The van der Waals surface area contributed by atoms with Crippen molar-refractivity contribution < 1.29 is 19.0 Å². The Kier molecular flexibility index (Phi) is 7.29. The minimum atomic E-state index is -0.315. The Balaban J connectivity index is 1.66. The number of carbonyl (C=O) groups excluding carboxylic acids is 1. The number of benzene rings is 1. The Morgan fingerprint density at radius 1 is 1.21 bits per heavy atom. The molecule has 0 spiro atoms. The molecule has 1 aromatic carbocycles. The first-order chi connectivity index (χ1) is 15.9. The number of fused-ring (bicyclic) bond motifs is 3. The Morgan fingerprint density at radius 3 is 2.73 bits per heavy atom. The quantitative estimate of drug-likeness (QED) is 0.253. The van der Waals surface area contributed by atoms with E-state index in [4.69, 9.17) is 19.2 Å². The number of thiophene rings is 1. The van der Waals surface area contributed by atoms with E-state index in [1.807, 2.05) is 32.0 Å². The first-order valence-electron chi connectivity index (χ1n) is 11.0. The Labute approximate surface area is 201 Å². The lowest BCUT2D eigenvalue weighted by Gasteiger charge is -2.14. The summed E-state index contributed by atoms with van der Waals surface area (Å²) < 4.78 is 17.7. The second-order valence-corrected chi connectivity index (χ2v) is 10.2. The first kappa shape index (κ1) is 23.6. The van der Waals surface area contributed by atoms with Gasteiger partial charge in [0.05, 0.1) is 31.5 Å². The van der Waals surface area contributed by atoms with Crippen LogP contribution in [0.2, 0.25) is 0 Å². The summed E-state index contributed by atoms with van der Waals surface area (Å²) in [4.78, 5) is 32.6. The lowest BCUT2D eigenvalue weighted by molar-refractivity contribution is -0.144. The SMILES string of the molecule is COc1ccc(CCn2c(SCC(=O)OC(C)C)nc3sc4c(c3c2=O)CCC4)cc1OC. The van der Waals surface area contributed by atoms with Crippen LogP contribution in [0, 0.1) is 0 Å². The van der Waals surface area contributed by atoms with E-state index in [1.54, 1.807) is 30.1 Å². The number of carbonyl (C=O) groups is 1. The number of aromatic nitrogens is 2. The molecule has 0 saturated carbocycles. The molecule has 7 nitrogen and oxygen atoms in total. The fraction of sp³-hybridized carbons (Fsp3) is 0.458. The highest BCUT2D eigenvalue weighted by molar-refractivity contribution is 7.99. The zero-order chi connectivity index (χ0) is 23.5. The van der Waals surface area contributed by atoms with Gasteiger partial charge in [-0.25, -0.2) is 4.98 Å². The molecule has 0 N–H and O–H groups in total. The van der Waals surface area contributed by atoms with Crippen molar-refractivity contribution in [2.45, 2.75) is 57.3 Å². The van der Waals surface area contributed by atoms with E-state index in [9.17, 15) is 9.59 Å². The van der Waals surface area contributed by atoms with Crippen molar-refractivity contribution in [2.75, 3.05) is 20.0 Å². The van der Waals surface area contributed by atoms with Crippen LogP contribution in [0.1, 0.15) is 36.3 Å². The fourth-order valence-corrected chi connectivity index (χ4v) is 6.17. The maximum absolute atomic E-state index is 13.6. The van der Waals surface area contributed by atoms with E-state index in [-0.39, 0.29) is 23.4 Å². The van der Waals surface area contributed by atoms with Crippen LogP contribution in [-0.2, 0) is 35.3 Å². The number of ether oxygens (including phenoxy) is 3. The van der Waals surface area contributed by atoms with Gasteiger partial charge in [-0.1, -0.05) is 17.8 Å². The third-order valence-corrected chi connectivity index (χ3v) is 7.68. The van der Waals surface area contributed by atoms with Crippen LogP contribution in [0.4, 0.5) is 0 Å². The van der Waals surface area contributed by atoms with Crippen LogP contribution >= 0.6 is 23.1 Å². The van der Waals surface area contributed by atoms with Crippen LogP contribution in [0.5, 0.6) is 11.5 Å². The van der Waals surface area contributed by atoms with Gasteiger partial charge >= 0.3 is 5.97 Å². The van der Waals surface area contributed by atoms with Crippen molar-refractivity contribution in [3.05, 3.63) is 44.6 Å². The summed E-state index contributed by atoms with van der Waals surface area (Å²) in [5.74, 6) is 1.11. The van der Waals surface area contributed by atoms with Gasteiger partial charge in [0.25, 0.3) is 5.56 Å². The summed E-state index contributed by atoms with van der Waals surface area (Å²) >= 11 is 2.86. The Hall–Kier alpha value is -2.52. The van der Waals surface area contributed by atoms with E-state index in [2.05, 4.69) is 0 Å². The molecule has 3 aromatic rings. The average molecular weight is 489 g/mol. The van der Waals surface area contributed by atoms with Gasteiger partial charge < -0.3 is 14.2 Å². The molecular formula is C24H28N2O5S2. The van der Waals surface area contributed by atoms with Crippen LogP contribution in [-0.4, -0.2) is 41.6 Å². The largest absolute Gasteiger partial charge is 0.493 e. The van der Waals surface area contributed by atoms with Crippen LogP contribution in [0.15, 0.2) is 28.2 Å². The average Bonchev–Trinajstić information content (AvgIpc) is 3.37. The number of aryl methyl sites for hydroxylation is 3. The number of methoxy groups -OCH3 is 2. The van der Waals surface area contributed by atoms with Gasteiger partial charge in [-0.15, -0.1) is 11.3 Å². The van der Waals surface area contributed by atoms with Crippen LogP contribution in [0.25, 0.3) is 10.2 Å². The highest BCUT2D eigenvalue weighted by Crippen LogP contribution is 2.35. The number of esters is 1. The second kappa shape index (κ2) is 10.2. The molecule has 33 heavy (non-hydrogen) atoms. The van der Waals surface area contributed by atoms with Gasteiger partial charge in [0.2, 0.25) is 0 Å². The Bertz CT molecular complexity index is 1230. The highest BCUT2D eigenvalue weighted by Gasteiger charge is 2.24. The van der Waals surface area contributed by atoms with E-state index in [0.717, 1.165) is 40.6 Å². The molecule has 0 fully saturated rings. The predicted molar refractivity (Wildman–Crippen MR) is 131 cm³/mol. The first-order valence-corrected chi connectivity index (χ1v) is 12.8. The van der Waals surface area contributed by atoms with Crippen molar-refractivity contribution in [3.63, 3.8) is 0 Å². The fourth-order valence-electron chi connectivity index (χ4n) is 4.06. The summed E-state index contributed by atoms with van der Waals surface area (Å²) in [6.45, 7) is 4.08. The summed E-state index contributed by atoms with van der Waals surface area (Å²) in [6.07, 6.45) is 3.45. The lowest BCUT2D eigenvalue weighted by atomic mass is 10.1. The van der Waals surface area contributed by atoms with Gasteiger partial charge in [0, 0.05) is 11.4 Å². The number of hydrogen-bond acceptors (Lipinski definition) is 8. The zero-order valence-electron chi connectivity index (χ0n) is 19.3. The maximum atomic E-state index is 13.6. The summed E-state index contributed by atoms with van der Waals surface area (Å²) in [5, 5.41) is 1.29. The molecule has 0 bridgehead atoms. The van der Waals surface area contributed by atoms with E-state index in [1.165, 1.54) is 16.6 Å². The predicted octanol–water partition coefficient (Wildman–Crippen LogP) is 4.25. The third-order valence-electron chi connectivity index (χ3n) is 5.55. The number of rotatable bonds is 9. The molecule has 0 radical (unpaired) electrons. The van der Waals surface area contributed by atoms with Gasteiger partial charge in [-0.2, -0.15) is 0 Å². The summed E-state index contributed by atoms with van der Waals surface area (Å²) in [5.41, 5.74) is 2.15. The smallest absolute Gasteiger partial charge is 0.316 e. The molecule has 4 rings (SSSR count). The lowest BCUT2D eigenvalue weighted by Crippen LogP contribution is -2.25. The molecule has 1 aliphatic rings. The normalized spacial score (nSPS) is 12.9. The molecular weight excluding hydrogens is 460 g/mol.